The molecule has 0 saturated heterocycles. The van der Waals surface area contributed by atoms with Crippen molar-refractivity contribution >= 4 is 39.2 Å². The first-order chi connectivity index (χ1) is 14.5. The lowest BCUT2D eigenvalue weighted by Crippen LogP contribution is -2.29. The summed E-state index contributed by atoms with van der Waals surface area (Å²) in [7, 11) is -2.87. The van der Waals surface area contributed by atoms with Gasteiger partial charge in [0.05, 0.1) is 12.7 Å². The molecule has 0 radical (unpaired) electrons. The number of primary sulfonamides is 1. The van der Waals surface area contributed by atoms with E-state index in [-0.39, 0.29) is 29.7 Å². The lowest BCUT2D eigenvalue weighted by atomic mass is 10.0. The van der Waals surface area contributed by atoms with Gasteiger partial charge in [-0.1, -0.05) is 12.2 Å². The number of nitrogens with zero attached hydrogens (tertiary/aromatic N) is 1. The number of ether oxygens (including phenoxy) is 1. The van der Waals surface area contributed by atoms with Crippen LogP contribution >= 0.6 is 12.2 Å². The van der Waals surface area contributed by atoms with Crippen LogP contribution in [0.5, 0.6) is 5.75 Å². The van der Waals surface area contributed by atoms with Crippen molar-refractivity contribution in [1.29, 1.82) is 0 Å². The normalized spacial score (nSPS) is 15.9. The van der Waals surface area contributed by atoms with Gasteiger partial charge in [-0.15, -0.1) is 0 Å². The van der Waals surface area contributed by atoms with Crippen molar-refractivity contribution in [2.75, 3.05) is 11.9 Å². The van der Waals surface area contributed by atoms with E-state index in [9.17, 15) is 27.1 Å². The molecule has 0 bridgehead atoms. The maximum absolute atomic E-state index is 13.5. The molecule has 1 unspecified atom stereocenters. The van der Waals surface area contributed by atoms with E-state index in [1.54, 1.807) is 0 Å². The molecule has 1 fully saturated rings. The van der Waals surface area contributed by atoms with E-state index in [2.05, 4.69) is 5.32 Å². The number of hydrogen-bond donors (Lipinski definition) is 3. The van der Waals surface area contributed by atoms with Gasteiger partial charge in [0, 0.05) is 30.9 Å². The number of aliphatic hydroxyl groups is 1. The van der Waals surface area contributed by atoms with Crippen LogP contribution in [0.15, 0.2) is 29.3 Å². The SMILES string of the molecule is Cn1cc(S(N)(=O)=O)c(OC[C@H](C=S)C(O)C2CC2)c1C(=O)Nc1ccc(F)c(F)c1. The number of rotatable bonds is 9. The first-order valence-corrected chi connectivity index (χ1v) is 11.3. The fourth-order valence-electron chi connectivity index (χ4n) is 3.13. The van der Waals surface area contributed by atoms with Gasteiger partial charge in [0.15, 0.2) is 23.1 Å². The molecule has 1 aromatic carbocycles. The average Bonchev–Trinajstić information content (AvgIpc) is 3.47. The smallest absolute Gasteiger partial charge is 0.276 e. The van der Waals surface area contributed by atoms with Gasteiger partial charge in [0.2, 0.25) is 10.0 Å². The highest BCUT2D eigenvalue weighted by molar-refractivity contribution is 7.89. The van der Waals surface area contributed by atoms with Crippen molar-refractivity contribution in [3.8, 4) is 5.75 Å². The number of thiocarbonyl (C=S) groups is 1. The predicted octanol–water partition coefficient (Wildman–Crippen LogP) is 1.97. The number of hydrogen-bond acceptors (Lipinski definition) is 6. The topological polar surface area (TPSA) is 124 Å². The van der Waals surface area contributed by atoms with Crippen LogP contribution in [0.2, 0.25) is 0 Å². The molecule has 1 aliphatic rings. The molecular formula is C19H21F2N3O5S2. The number of halogens is 2. The lowest BCUT2D eigenvalue weighted by molar-refractivity contribution is 0.0904. The molecule has 1 aliphatic carbocycles. The number of carbonyl (C=O) groups is 1. The van der Waals surface area contributed by atoms with Gasteiger partial charge in [0.1, 0.15) is 4.90 Å². The van der Waals surface area contributed by atoms with E-state index in [4.69, 9.17) is 22.1 Å². The Labute approximate surface area is 183 Å². The quantitative estimate of drug-likeness (QED) is 0.479. The lowest BCUT2D eigenvalue weighted by Gasteiger charge is -2.19. The Hall–Kier alpha value is -2.41. The monoisotopic (exact) mass is 473 g/mol. The summed E-state index contributed by atoms with van der Waals surface area (Å²) in [5.74, 6) is -3.88. The van der Waals surface area contributed by atoms with Crippen LogP contribution in [0.4, 0.5) is 14.5 Å². The first-order valence-electron chi connectivity index (χ1n) is 9.27. The van der Waals surface area contributed by atoms with Crippen LogP contribution in [0.1, 0.15) is 23.3 Å². The fraction of sp³-hybridized carbons (Fsp3) is 0.368. The van der Waals surface area contributed by atoms with Crippen LogP contribution in [0.25, 0.3) is 0 Å². The Morgan fingerprint density at radius 3 is 2.65 bits per heavy atom. The minimum Gasteiger partial charge on any atom is -0.489 e. The molecule has 1 aromatic heterocycles. The van der Waals surface area contributed by atoms with Crippen molar-refractivity contribution in [3.05, 3.63) is 41.7 Å². The zero-order valence-corrected chi connectivity index (χ0v) is 18.1. The molecule has 0 spiro atoms. The van der Waals surface area contributed by atoms with E-state index in [0.29, 0.717) is 0 Å². The van der Waals surface area contributed by atoms with Gasteiger partial charge in [0.25, 0.3) is 5.91 Å². The molecule has 1 saturated carbocycles. The van der Waals surface area contributed by atoms with Crippen LogP contribution in [0, 0.1) is 23.5 Å². The molecular weight excluding hydrogens is 452 g/mol. The zero-order chi connectivity index (χ0) is 22.9. The number of aliphatic hydroxyl groups excluding tert-OH is 1. The molecule has 0 aliphatic heterocycles. The molecule has 31 heavy (non-hydrogen) atoms. The van der Waals surface area contributed by atoms with Crippen molar-refractivity contribution in [1.82, 2.24) is 4.57 Å². The summed E-state index contributed by atoms with van der Waals surface area (Å²) in [5, 5.41) is 19.3. The largest absolute Gasteiger partial charge is 0.489 e. The van der Waals surface area contributed by atoms with Crippen molar-refractivity contribution < 1.29 is 31.8 Å². The molecule has 1 amide bonds. The predicted molar refractivity (Wildman–Crippen MR) is 112 cm³/mol. The number of carbonyl (C=O) groups excluding carboxylic acids is 1. The summed E-state index contributed by atoms with van der Waals surface area (Å²) in [6.45, 7) is -0.181. The Bertz CT molecular complexity index is 1120. The van der Waals surface area contributed by atoms with Gasteiger partial charge in [-0.2, -0.15) is 0 Å². The van der Waals surface area contributed by atoms with Crippen molar-refractivity contribution in [2.45, 2.75) is 23.8 Å². The van der Waals surface area contributed by atoms with E-state index in [1.807, 2.05) is 0 Å². The highest BCUT2D eigenvalue weighted by Gasteiger charge is 2.35. The van der Waals surface area contributed by atoms with Crippen molar-refractivity contribution in [2.24, 2.45) is 24.0 Å². The number of nitrogens with one attached hydrogen (secondary N) is 1. The van der Waals surface area contributed by atoms with Gasteiger partial charge >= 0.3 is 0 Å². The summed E-state index contributed by atoms with van der Waals surface area (Å²) in [6.07, 6.45) is 2.07. The van der Waals surface area contributed by atoms with E-state index in [1.165, 1.54) is 17.0 Å². The summed E-state index contributed by atoms with van der Waals surface area (Å²) < 4.78 is 57.5. The number of sulfonamides is 1. The number of aryl methyl sites for hydroxylation is 1. The molecule has 168 valence electrons. The maximum atomic E-state index is 13.5. The third kappa shape index (κ3) is 5.26. The highest BCUT2D eigenvalue weighted by atomic mass is 32.2. The van der Waals surface area contributed by atoms with Crippen LogP contribution in [0.3, 0.4) is 0 Å². The minimum atomic E-state index is -4.27. The molecule has 4 N–H and O–H groups in total. The number of anilines is 1. The maximum Gasteiger partial charge on any atom is 0.276 e. The van der Waals surface area contributed by atoms with Crippen LogP contribution in [-0.4, -0.2) is 42.1 Å². The number of aromatic nitrogens is 1. The van der Waals surface area contributed by atoms with E-state index in [0.717, 1.165) is 37.2 Å². The van der Waals surface area contributed by atoms with Gasteiger partial charge in [-0.3, -0.25) is 4.79 Å². The third-order valence-corrected chi connectivity index (χ3v) is 6.19. The second-order valence-electron chi connectivity index (χ2n) is 7.35. The number of amides is 1. The van der Waals surface area contributed by atoms with Crippen molar-refractivity contribution in [3.63, 3.8) is 0 Å². The summed E-state index contributed by atoms with van der Waals surface area (Å²) in [6, 6.07) is 2.77. The van der Waals surface area contributed by atoms with E-state index < -0.39 is 44.5 Å². The zero-order valence-electron chi connectivity index (χ0n) is 16.4. The van der Waals surface area contributed by atoms with Gasteiger partial charge < -0.3 is 19.7 Å². The first kappa shape index (κ1) is 23.3. The van der Waals surface area contributed by atoms with Gasteiger partial charge in [-0.25, -0.2) is 22.3 Å². The summed E-state index contributed by atoms with van der Waals surface area (Å²) in [5.41, 5.74) is -0.257. The fourth-order valence-corrected chi connectivity index (χ4v) is 4.09. The Morgan fingerprint density at radius 2 is 2.10 bits per heavy atom. The summed E-state index contributed by atoms with van der Waals surface area (Å²) >= 11 is 4.96. The third-order valence-electron chi connectivity index (χ3n) is 4.94. The molecule has 12 heteroatoms. The Kier molecular flexibility index (Phi) is 6.74. The van der Waals surface area contributed by atoms with Gasteiger partial charge in [-0.05, 0) is 36.3 Å². The Morgan fingerprint density at radius 1 is 1.42 bits per heavy atom. The average molecular weight is 474 g/mol. The van der Waals surface area contributed by atoms with Crippen LogP contribution in [-0.2, 0) is 17.1 Å². The summed E-state index contributed by atoms with van der Waals surface area (Å²) in [4.78, 5) is 12.4. The van der Waals surface area contributed by atoms with E-state index >= 15 is 0 Å². The molecule has 2 atom stereocenters. The molecule has 3 rings (SSSR count). The van der Waals surface area contributed by atoms with Crippen LogP contribution < -0.4 is 15.2 Å². The standard InChI is InChI=1S/C19H21F2N3O5S2/c1-24-7-15(31(22,27)28)18(29-8-11(9-30)17(25)10-2-3-10)16(24)19(26)23-12-4-5-13(20)14(21)6-12/h4-7,9-11,17,25H,2-3,8H2,1H3,(H,23,26)(H2,22,27,28)/t11-,17?/m1/s1. The number of nitrogens with two attached hydrogens (primary N) is 1. The number of benzene rings is 1. The minimum absolute atomic E-state index is 0.0471. The second-order valence-corrected chi connectivity index (χ2v) is 9.15. The Balaban J connectivity index is 1.91. The molecule has 2 aromatic rings. The molecule has 8 nitrogen and oxygen atoms in total. The highest BCUT2D eigenvalue weighted by Crippen LogP contribution is 2.36. The second kappa shape index (κ2) is 8.99. The molecule has 1 heterocycles.